The molecule has 1 unspecified atom stereocenters. The molecule has 1 aromatic rings. The van der Waals surface area contributed by atoms with Gasteiger partial charge in [-0.3, -0.25) is 14.9 Å². The maximum atomic E-state index is 12.0. The summed E-state index contributed by atoms with van der Waals surface area (Å²) in [5, 5.41) is 14.0. The Morgan fingerprint density at radius 1 is 1.39 bits per heavy atom. The highest BCUT2D eigenvalue weighted by atomic mass is 16.6. The molecule has 1 aromatic carbocycles. The average molecular weight is 321 g/mol. The summed E-state index contributed by atoms with van der Waals surface area (Å²) >= 11 is 0. The van der Waals surface area contributed by atoms with Gasteiger partial charge in [-0.1, -0.05) is 0 Å². The van der Waals surface area contributed by atoms with Gasteiger partial charge < -0.3 is 19.7 Å². The topological polar surface area (TPSA) is 93.9 Å². The van der Waals surface area contributed by atoms with Gasteiger partial charge in [0, 0.05) is 44.3 Å². The zero-order chi connectivity index (χ0) is 16.6. The van der Waals surface area contributed by atoms with Crippen molar-refractivity contribution in [2.24, 2.45) is 0 Å². The standard InChI is InChI=1S/C15H19N3O5/c1-15(14(19)16-2)9-10-7-12(18(20)21)11(8-13(10)23-15)17-3-5-22-6-4-17/h7-8H,3-6,9H2,1-2H3,(H,16,19). The molecule has 0 spiro atoms. The first-order valence-corrected chi connectivity index (χ1v) is 7.50. The third-order valence-corrected chi connectivity index (χ3v) is 4.28. The molecule has 3 rings (SSSR count). The monoisotopic (exact) mass is 321 g/mol. The van der Waals surface area contributed by atoms with Crippen molar-refractivity contribution in [2.75, 3.05) is 38.3 Å². The molecule has 1 atom stereocenters. The molecule has 124 valence electrons. The number of nitro groups is 1. The summed E-state index contributed by atoms with van der Waals surface area (Å²) in [5.74, 6) is 0.285. The van der Waals surface area contributed by atoms with E-state index in [1.165, 1.54) is 6.07 Å². The molecule has 1 N–H and O–H groups in total. The lowest BCUT2D eigenvalue weighted by Gasteiger charge is -2.28. The number of fused-ring (bicyclic) bond motifs is 1. The van der Waals surface area contributed by atoms with Crippen LogP contribution in [0.3, 0.4) is 0 Å². The van der Waals surface area contributed by atoms with Gasteiger partial charge in [-0.25, -0.2) is 0 Å². The highest BCUT2D eigenvalue weighted by Crippen LogP contribution is 2.42. The van der Waals surface area contributed by atoms with Gasteiger partial charge in [0.2, 0.25) is 0 Å². The molecule has 0 aliphatic carbocycles. The van der Waals surface area contributed by atoms with E-state index in [0.717, 1.165) is 0 Å². The SMILES string of the molecule is CNC(=O)C1(C)Cc2cc([N+](=O)[O-])c(N3CCOCC3)cc2O1. The summed E-state index contributed by atoms with van der Waals surface area (Å²) < 4.78 is 11.1. The van der Waals surface area contributed by atoms with Crippen LogP contribution >= 0.6 is 0 Å². The van der Waals surface area contributed by atoms with Gasteiger partial charge in [0.1, 0.15) is 11.4 Å². The number of carbonyl (C=O) groups is 1. The lowest BCUT2D eigenvalue weighted by molar-refractivity contribution is -0.384. The van der Waals surface area contributed by atoms with Crippen molar-refractivity contribution in [2.45, 2.75) is 18.9 Å². The average Bonchev–Trinajstić information content (AvgIpc) is 2.90. The summed E-state index contributed by atoms with van der Waals surface area (Å²) in [6, 6.07) is 3.20. The summed E-state index contributed by atoms with van der Waals surface area (Å²) in [4.78, 5) is 25.0. The smallest absolute Gasteiger partial charge is 0.293 e. The number of morpholine rings is 1. The number of likely N-dealkylation sites (N-methyl/N-ethyl adjacent to an activating group) is 1. The molecular weight excluding hydrogens is 302 g/mol. The fraction of sp³-hybridized carbons (Fsp3) is 0.533. The third-order valence-electron chi connectivity index (χ3n) is 4.28. The van der Waals surface area contributed by atoms with E-state index in [9.17, 15) is 14.9 Å². The first kappa shape index (κ1) is 15.5. The molecular formula is C15H19N3O5. The first-order chi connectivity index (χ1) is 10.9. The second-order valence-corrected chi connectivity index (χ2v) is 5.89. The van der Waals surface area contributed by atoms with Gasteiger partial charge in [0.25, 0.3) is 11.6 Å². The van der Waals surface area contributed by atoms with Crippen molar-refractivity contribution in [1.29, 1.82) is 0 Å². The molecule has 8 heteroatoms. The van der Waals surface area contributed by atoms with Crippen molar-refractivity contribution in [1.82, 2.24) is 5.32 Å². The number of carbonyl (C=O) groups excluding carboxylic acids is 1. The summed E-state index contributed by atoms with van der Waals surface area (Å²) in [6.45, 7) is 3.93. The molecule has 0 aromatic heterocycles. The van der Waals surface area contributed by atoms with E-state index in [0.29, 0.717) is 49.7 Å². The minimum Gasteiger partial charge on any atom is -0.477 e. The number of rotatable bonds is 3. The number of ether oxygens (including phenoxy) is 2. The zero-order valence-corrected chi connectivity index (χ0v) is 13.1. The molecule has 1 amide bonds. The third kappa shape index (κ3) is 2.70. The number of nitrogens with zero attached hydrogens (tertiary/aromatic N) is 2. The fourth-order valence-corrected chi connectivity index (χ4v) is 3.07. The number of hydrogen-bond donors (Lipinski definition) is 1. The number of anilines is 1. The van der Waals surface area contributed by atoms with Gasteiger partial charge in [-0.05, 0) is 6.92 Å². The van der Waals surface area contributed by atoms with Gasteiger partial charge in [0.05, 0.1) is 18.1 Å². The first-order valence-electron chi connectivity index (χ1n) is 7.50. The van der Waals surface area contributed by atoms with Crippen LogP contribution in [0.2, 0.25) is 0 Å². The van der Waals surface area contributed by atoms with E-state index in [-0.39, 0.29) is 16.5 Å². The van der Waals surface area contributed by atoms with E-state index in [2.05, 4.69) is 5.32 Å². The van der Waals surface area contributed by atoms with Crippen molar-refractivity contribution >= 4 is 17.3 Å². The van der Waals surface area contributed by atoms with Gasteiger partial charge in [-0.15, -0.1) is 0 Å². The van der Waals surface area contributed by atoms with Crippen LogP contribution in [-0.4, -0.2) is 49.8 Å². The van der Waals surface area contributed by atoms with E-state index in [4.69, 9.17) is 9.47 Å². The molecule has 8 nitrogen and oxygen atoms in total. The lowest BCUT2D eigenvalue weighted by atomic mass is 9.98. The van der Waals surface area contributed by atoms with E-state index < -0.39 is 5.60 Å². The molecule has 1 saturated heterocycles. The number of nitrogens with one attached hydrogen (secondary N) is 1. The summed E-state index contributed by atoms with van der Waals surface area (Å²) in [7, 11) is 1.54. The molecule has 2 aliphatic heterocycles. The number of amides is 1. The molecule has 2 heterocycles. The Hall–Kier alpha value is -2.35. The largest absolute Gasteiger partial charge is 0.477 e. The Bertz CT molecular complexity index is 657. The molecule has 0 bridgehead atoms. The van der Waals surface area contributed by atoms with Crippen LogP contribution in [0, 0.1) is 10.1 Å². The van der Waals surface area contributed by atoms with Crippen molar-refractivity contribution in [3.8, 4) is 5.75 Å². The predicted octanol–water partition coefficient (Wildman–Crippen LogP) is 0.871. The van der Waals surface area contributed by atoms with Crippen LogP contribution < -0.4 is 15.0 Å². The summed E-state index contributed by atoms with van der Waals surface area (Å²) in [5.41, 5.74) is 0.197. The van der Waals surface area contributed by atoms with Crippen LogP contribution in [0.15, 0.2) is 12.1 Å². The normalized spacial score (nSPS) is 23.1. The minimum absolute atomic E-state index is 0.0374. The van der Waals surface area contributed by atoms with Gasteiger partial charge in [-0.2, -0.15) is 0 Å². The maximum Gasteiger partial charge on any atom is 0.293 e. The van der Waals surface area contributed by atoms with Gasteiger partial charge >= 0.3 is 0 Å². The summed E-state index contributed by atoms with van der Waals surface area (Å²) in [6.07, 6.45) is 0.312. The number of nitro benzene ring substituents is 1. The highest BCUT2D eigenvalue weighted by Gasteiger charge is 2.43. The highest BCUT2D eigenvalue weighted by molar-refractivity contribution is 5.87. The van der Waals surface area contributed by atoms with Gasteiger partial charge in [0.15, 0.2) is 5.60 Å². The minimum atomic E-state index is -1.03. The van der Waals surface area contributed by atoms with Crippen LogP contribution in [0.1, 0.15) is 12.5 Å². The molecule has 2 aliphatic rings. The maximum absolute atomic E-state index is 12.0. The quantitative estimate of drug-likeness (QED) is 0.656. The predicted molar refractivity (Wildman–Crippen MR) is 82.9 cm³/mol. The lowest BCUT2D eigenvalue weighted by Crippen LogP contribution is -2.46. The second kappa shape index (κ2) is 5.69. The fourth-order valence-electron chi connectivity index (χ4n) is 3.07. The van der Waals surface area contributed by atoms with Crippen LogP contribution in [0.4, 0.5) is 11.4 Å². The van der Waals surface area contributed by atoms with E-state index >= 15 is 0 Å². The number of benzene rings is 1. The Labute approximate surface area is 133 Å². The van der Waals surface area contributed by atoms with Crippen LogP contribution in [0.5, 0.6) is 5.75 Å². The van der Waals surface area contributed by atoms with Crippen LogP contribution in [0.25, 0.3) is 0 Å². The molecule has 1 fully saturated rings. The second-order valence-electron chi connectivity index (χ2n) is 5.89. The Kier molecular flexibility index (Phi) is 3.85. The van der Waals surface area contributed by atoms with E-state index in [1.54, 1.807) is 20.0 Å². The number of hydrogen-bond acceptors (Lipinski definition) is 6. The Balaban J connectivity index is 1.99. The van der Waals surface area contributed by atoms with Crippen molar-refractivity contribution < 1.29 is 19.2 Å². The molecule has 0 saturated carbocycles. The molecule has 0 radical (unpaired) electrons. The zero-order valence-electron chi connectivity index (χ0n) is 13.1. The van der Waals surface area contributed by atoms with Crippen molar-refractivity contribution in [3.05, 3.63) is 27.8 Å². The van der Waals surface area contributed by atoms with Crippen LogP contribution in [-0.2, 0) is 16.0 Å². The Morgan fingerprint density at radius 2 is 2.09 bits per heavy atom. The van der Waals surface area contributed by atoms with E-state index in [1.807, 2.05) is 4.90 Å². The van der Waals surface area contributed by atoms with Crippen molar-refractivity contribution in [3.63, 3.8) is 0 Å². The molecule has 23 heavy (non-hydrogen) atoms. The Morgan fingerprint density at radius 3 is 2.70 bits per heavy atom.